The van der Waals surface area contributed by atoms with Crippen molar-refractivity contribution in [1.29, 1.82) is 0 Å². The lowest BCUT2D eigenvalue weighted by atomic mass is 10.1. The fraction of sp³-hybridized carbons (Fsp3) is 0.857. The first-order valence-corrected chi connectivity index (χ1v) is 4.34. The molecule has 0 saturated heterocycles. The van der Waals surface area contributed by atoms with Gasteiger partial charge in [-0.1, -0.05) is 18.0 Å². The minimum Gasteiger partial charge on any atom is -0.281 e. The smallest absolute Gasteiger partial charge is 0.221 e. The number of carbonyl (C=O) groups is 1. The summed E-state index contributed by atoms with van der Waals surface area (Å²) in [6.07, 6.45) is 4.13. The average Bonchev–Trinajstić information content (AvgIpc) is 2.02. The lowest BCUT2D eigenvalue weighted by molar-refractivity contribution is -0.111. The van der Waals surface area contributed by atoms with E-state index in [0.717, 1.165) is 25.7 Å². The number of carbonyl (C=O) groups excluding carboxylic acids is 1. The molecule has 0 rings (SSSR count). The normalized spacial score (nSPS) is 9.08. The molecule has 0 atom stereocenters. The minimum absolute atomic E-state index is 0.273. The Morgan fingerprint density at radius 1 is 1.33 bits per heavy atom. The largest absolute Gasteiger partial charge is 0.281 e. The molecule has 0 aliphatic rings. The first kappa shape index (κ1) is 11.3. The van der Waals surface area contributed by atoms with Gasteiger partial charge in [-0.3, -0.25) is 4.79 Å². The van der Waals surface area contributed by atoms with Gasteiger partial charge in [0.05, 0.1) is 0 Å². The van der Waals surface area contributed by atoms with Crippen LogP contribution in [-0.4, -0.2) is 11.8 Å². The van der Waals surface area contributed by atoms with Crippen molar-refractivity contribution in [3.8, 4) is 0 Å². The van der Waals surface area contributed by atoms with Gasteiger partial charge in [0.25, 0.3) is 0 Å². The van der Waals surface area contributed by atoms with E-state index in [1.807, 2.05) is 0 Å². The summed E-state index contributed by atoms with van der Waals surface area (Å²) in [5.74, 6) is 0. The summed E-state index contributed by atoms with van der Waals surface area (Å²) in [4.78, 5) is 12.9. The fourth-order valence-electron chi connectivity index (χ4n) is 0.845. The fourth-order valence-corrected chi connectivity index (χ4v) is 0.978. The Morgan fingerprint density at radius 2 is 2.00 bits per heavy atom. The molecule has 12 heavy (non-hydrogen) atoms. The zero-order valence-corrected chi connectivity index (χ0v) is 7.63. The standard InChI is InChI=1S/C7H12ClN3O/c8-7(12)5-3-1-2-4-6-10-11-9/h1-6H2. The van der Waals surface area contributed by atoms with E-state index in [-0.39, 0.29) is 5.24 Å². The Balaban J connectivity index is 3.00. The van der Waals surface area contributed by atoms with Crippen LogP contribution in [0.1, 0.15) is 32.1 Å². The van der Waals surface area contributed by atoms with Gasteiger partial charge in [0.1, 0.15) is 0 Å². The molecule has 0 aliphatic heterocycles. The van der Waals surface area contributed by atoms with Gasteiger partial charge in [0.2, 0.25) is 5.24 Å². The molecule has 0 radical (unpaired) electrons. The molecule has 0 aromatic rings. The molecule has 0 fully saturated rings. The molecule has 0 bridgehead atoms. The van der Waals surface area contributed by atoms with Gasteiger partial charge in [-0.25, -0.2) is 0 Å². The summed E-state index contributed by atoms with van der Waals surface area (Å²) in [5, 5.41) is 3.12. The third-order valence-electron chi connectivity index (χ3n) is 1.44. The molecule has 0 N–H and O–H groups in total. The molecule has 5 heteroatoms. The monoisotopic (exact) mass is 189 g/mol. The SMILES string of the molecule is [N-]=[N+]=NCCCCCCC(=O)Cl. The number of azide groups is 1. The first-order valence-electron chi connectivity index (χ1n) is 3.96. The number of nitrogens with zero attached hydrogens (tertiary/aromatic N) is 3. The van der Waals surface area contributed by atoms with Crippen molar-refractivity contribution in [2.45, 2.75) is 32.1 Å². The zero-order valence-electron chi connectivity index (χ0n) is 6.87. The predicted octanol–water partition coefficient (Wildman–Crippen LogP) is 3.01. The minimum atomic E-state index is -0.273. The third kappa shape index (κ3) is 9.27. The molecule has 0 saturated carbocycles. The van der Waals surface area contributed by atoms with E-state index < -0.39 is 0 Å². The van der Waals surface area contributed by atoms with Crippen LogP contribution in [-0.2, 0) is 4.79 Å². The summed E-state index contributed by atoms with van der Waals surface area (Å²) >= 11 is 5.13. The molecule has 0 spiro atoms. The van der Waals surface area contributed by atoms with Gasteiger partial charge >= 0.3 is 0 Å². The molecule has 0 unspecified atom stereocenters. The first-order chi connectivity index (χ1) is 5.77. The van der Waals surface area contributed by atoms with Gasteiger partial charge < -0.3 is 0 Å². The van der Waals surface area contributed by atoms with Crippen LogP contribution in [0, 0.1) is 0 Å². The van der Waals surface area contributed by atoms with Gasteiger partial charge in [-0.05, 0) is 30.0 Å². The Morgan fingerprint density at radius 3 is 2.58 bits per heavy atom. The number of hydrogen-bond donors (Lipinski definition) is 0. The Labute approximate surface area is 76.5 Å². The molecule has 4 nitrogen and oxygen atoms in total. The molecular weight excluding hydrogens is 178 g/mol. The van der Waals surface area contributed by atoms with E-state index in [1.165, 1.54) is 0 Å². The lowest BCUT2D eigenvalue weighted by Crippen LogP contribution is -1.87. The quantitative estimate of drug-likeness (QED) is 0.200. The van der Waals surface area contributed by atoms with Gasteiger partial charge in [-0.15, -0.1) is 0 Å². The predicted molar refractivity (Wildman–Crippen MR) is 48.0 cm³/mol. The van der Waals surface area contributed by atoms with Gasteiger partial charge in [0.15, 0.2) is 0 Å². The highest BCUT2D eigenvalue weighted by Crippen LogP contribution is 2.04. The Hall–Kier alpha value is -0.730. The second-order valence-corrected chi connectivity index (χ2v) is 2.90. The molecular formula is C7H12ClN3O. The number of hydrogen-bond acceptors (Lipinski definition) is 2. The summed E-state index contributed by atoms with van der Waals surface area (Å²) in [6, 6.07) is 0. The maximum absolute atomic E-state index is 10.3. The van der Waals surface area contributed by atoms with Crippen molar-refractivity contribution in [3.63, 3.8) is 0 Å². The van der Waals surface area contributed by atoms with Crippen molar-refractivity contribution in [2.75, 3.05) is 6.54 Å². The van der Waals surface area contributed by atoms with Crippen LogP contribution >= 0.6 is 11.6 Å². The van der Waals surface area contributed by atoms with Crippen LogP contribution in [0.3, 0.4) is 0 Å². The topological polar surface area (TPSA) is 65.8 Å². The summed E-state index contributed by atoms with van der Waals surface area (Å²) < 4.78 is 0. The second-order valence-electron chi connectivity index (χ2n) is 2.47. The van der Waals surface area contributed by atoms with E-state index in [2.05, 4.69) is 10.0 Å². The molecule has 0 aromatic heterocycles. The summed E-state index contributed by atoms with van der Waals surface area (Å²) in [6.45, 7) is 0.547. The lowest BCUT2D eigenvalue weighted by Gasteiger charge is -1.95. The van der Waals surface area contributed by atoms with Crippen molar-refractivity contribution in [1.82, 2.24) is 0 Å². The average molecular weight is 190 g/mol. The highest BCUT2D eigenvalue weighted by molar-refractivity contribution is 6.63. The molecule has 0 aliphatic carbocycles. The van der Waals surface area contributed by atoms with Crippen LogP contribution in [0.4, 0.5) is 0 Å². The molecule has 0 aromatic carbocycles. The van der Waals surface area contributed by atoms with E-state index in [4.69, 9.17) is 17.1 Å². The number of rotatable bonds is 7. The Kier molecular flexibility index (Phi) is 7.86. The van der Waals surface area contributed by atoms with E-state index in [9.17, 15) is 4.79 Å². The van der Waals surface area contributed by atoms with Gasteiger partial charge in [-0.2, -0.15) is 0 Å². The molecule has 0 heterocycles. The van der Waals surface area contributed by atoms with E-state index in [0.29, 0.717) is 13.0 Å². The van der Waals surface area contributed by atoms with Crippen LogP contribution in [0.15, 0.2) is 5.11 Å². The van der Waals surface area contributed by atoms with Crippen molar-refractivity contribution >= 4 is 16.8 Å². The molecule has 68 valence electrons. The van der Waals surface area contributed by atoms with Crippen LogP contribution in [0.5, 0.6) is 0 Å². The van der Waals surface area contributed by atoms with Crippen LogP contribution in [0.2, 0.25) is 0 Å². The van der Waals surface area contributed by atoms with Gasteiger partial charge in [0, 0.05) is 17.9 Å². The maximum atomic E-state index is 10.3. The third-order valence-corrected chi connectivity index (χ3v) is 1.63. The van der Waals surface area contributed by atoms with E-state index in [1.54, 1.807) is 0 Å². The van der Waals surface area contributed by atoms with Crippen molar-refractivity contribution in [2.24, 2.45) is 5.11 Å². The van der Waals surface area contributed by atoms with Crippen LogP contribution < -0.4 is 0 Å². The molecule has 0 amide bonds. The number of halogens is 1. The number of unbranched alkanes of at least 4 members (excludes halogenated alkanes) is 3. The van der Waals surface area contributed by atoms with E-state index >= 15 is 0 Å². The Bertz CT molecular complexity index is 171. The second kappa shape index (κ2) is 8.37. The summed E-state index contributed by atoms with van der Waals surface area (Å²) in [5.41, 5.74) is 7.94. The highest BCUT2D eigenvalue weighted by Gasteiger charge is 1.94. The van der Waals surface area contributed by atoms with Crippen molar-refractivity contribution < 1.29 is 4.79 Å². The zero-order chi connectivity index (χ0) is 9.23. The van der Waals surface area contributed by atoms with Crippen molar-refractivity contribution in [3.05, 3.63) is 10.4 Å². The maximum Gasteiger partial charge on any atom is 0.221 e. The summed E-state index contributed by atoms with van der Waals surface area (Å²) in [7, 11) is 0. The highest BCUT2D eigenvalue weighted by atomic mass is 35.5. The van der Waals surface area contributed by atoms with Crippen LogP contribution in [0.25, 0.3) is 10.4 Å².